The summed E-state index contributed by atoms with van der Waals surface area (Å²) in [4.78, 5) is 4.20. The van der Waals surface area contributed by atoms with E-state index in [4.69, 9.17) is 48.6 Å². The monoisotopic (exact) mass is 727 g/mol. The van der Waals surface area contributed by atoms with Crippen LogP contribution in [0.15, 0.2) is 101 Å². The van der Waals surface area contributed by atoms with Gasteiger partial charge in [-0.3, -0.25) is 0 Å². The second-order valence-corrected chi connectivity index (χ2v) is 13.3. The largest absolute Gasteiger partial charge is 0.455 e. The van der Waals surface area contributed by atoms with E-state index >= 15 is 0 Å². The third-order valence-electron chi connectivity index (χ3n) is 3.99. The van der Waals surface area contributed by atoms with Crippen LogP contribution >= 0.6 is 90.3 Å². The van der Waals surface area contributed by atoms with E-state index in [1.165, 1.54) is 0 Å². The molecule has 0 bridgehead atoms. The van der Waals surface area contributed by atoms with Crippen LogP contribution in [0.1, 0.15) is 0 Å². The van der Waals surface area contributed by atoms with Gasteiger partial charge in [-0.05, 0) is 72.8 Å². The van der Waals surface area contributed by atoms with Gasteiger partial charge >= 0.3 is 13.7 Å². The molecule has 0 aromatic heterocycles. The van der Waals surface area contributed by atoms with Crippen LogP contribution < -0.4 is 13.8 Å². The maximum Gasteiger partial charge on any atom is 0.455 e. The van der Waals surface area contributed by atoms with Crippen LogP contribution in [-0.4, -0.2) is 15.6 Å². The van der Waals surface area contributed by atoms with Gasteiger partial charge in [0.1, 0.15) is 17.2 Å². The number of rotatable bonds is 5. The van der Waals surface area contributed by atoms with Crippen molar-refractivity contribution in [2.24, 2.45) is 14.5 Å². The molecule has 0 unspecified atom stereocenters. The first-order chi connectivity index (χ1) is 16.1. The first kappa shape index (κ1) is 26.0. The number of aliphatic imine (C=N–C) groups is 1. The number of benzene rings is 3. The summed E-state index contributed by atoms with van der Waals surface area (Å²) in [6.45, 7) is 0. The minimum Gasteiger partial charge on any atom is -0.424 e. The molecule has 3 aromatic rings. The van der Waals surface area contributed by atoms with Crippen LogP contribution in [0.4, 0.5) is 0 Å². The second-order valence-electron chi connectivity index (χ2n) is 6.55. The number of amidine groups is 2. The Balaban J connectivity index is 1.82. The quantitative estimate of drug-likeness (QED) is 0.194. The van der Waals surface area contributed by atoms with E-state index in [0.717, 1.165) is 13.4 Å². The number of alkyl halides is 3. The molecule has 1 heterocycles. The van der Waals surface area contributed by atoms with Crippen molar-refractivity contribution in [2.75, 3.05) is 0 Å². The zero-order valence-corrected chi connectivity index (χ0v) is 24.6. The maximum atomic E-state index is 6.20. The molecule has 1 aliphatic rings. The highest BCUT2D eigenvalue weighted by atomic mass is 79.9. The van der Waals surface area contributed by atoms with E-state index < -0.39 is 11.5 Å². The van der Waals surface area contributed by atoms with Crippen LogP contribution in [0, 0.1) is 0 Å². The zero-order valence-electron chi connectivity index (χ0n) is 16.7. The van der Waals surface area contributed by atoms with Gasteiger partial charge < -0.3 is 13.8 Å². The lowest BCUT2D eigenvalue weighted by Crippen LogP contribution is -2.24. The molecule has 4 rings (SSSR count). The van der Waals surface area contributed by atoms with Gasteiger partial charge in [0.15, 0.2) is 5.84 Å². The Kier molecular flexibility index (Phi) is 8.35. The van der Waals surface area contributed by atoms with Crippen molar-refractivity contribution >= 4 is 102 Å². The summed E-state index contributed by atoms with van der Waals surface area (Å²) in [6.07, 6.45) is 0. The summed E-state index contributed by atoms with van der Waals surface area (Å²) >= 11 is 28.7. The fourth-order valence-electron chi connectivity index (χ4n) is 2.52. The molecule has 1 aliphatic heterocycles. The first-order valence-corrected chi connectivity index (χ1v) is 14.4. The molecule has 0 amide bonds. The van der Waals surface area contributed by atoms with Crippen molar-refractivity contribution in [3.8, 4) is 17.2 Å². The molecule has 0 aliphatic carbocycles. The molecule has 0 saturated heterocycles. The highest BCUT2D eigenvalue weighted by Gasteiger charge is 2.39. The number of ether oxygens (including phenoxy) is 1. The molecule has 3 aromatic carbocycles. The molecule has 0 fully saturated rings. The maximum absolute atomic E-state index is 6.20. The highest BCUT2D eigenvalue weighted by molar-refractivity contribution is 9.11. The molecule has 34 heavy (non-hydrogen) atoms. The van der Waals surface area contributed by atoms with E-state index in [9.17, 15) is 0 Å². The van der Waals surface area contributed by atoms with Gasteiger partial charge in [-0.2, -0.15) is 9.76 Å². The van der Waals surface area contributed by atoms with Gasteiger partial charge in [0.2, 0.25) is 3.79 Å². The second kappa shape index (κ2) is 10.9. The summed E-state index contributed by atoms with van der Waals surface area (Å²) in [5.74, 6) is 1.16. The van der Waals surface area contributed by atoms with Crippen molar-refractivity contribution < 1.29 is 13.8 Å². The van der Waals surface area contributed by atoms with Gasteiger partial charge in [-0.25, -0.2) is 0 Å². The van der Waals surface area contributed by atoms with Crippen LogP contribution in [0.5, 0.6) is 17.2 Å². The molecule has 0 radical (unpaired) electrons. The molecule has 0 spiro atoms. The normalized spacial score (nSPS) is 15.0. The average molecular weight is 731 g/mol. The Bertz CT molecular complexity index is 1250. The summed E-state index contributed by atoms with van der Waals surface area (Å²) in [7, 11) is -3.56. The van der Waals surface area contributed by atoms with Gasteiger partial charge in [0, 0.05) is 13.4 Å². The van der Waals surface area contributed by atoms with E-state index in [0.29, 0.717) is 17.2 Å². The van der Waals surface area contributed by atoms with Gasteiger partial charge in [0.05, 0.1) is 0 Å². The van der Waals surface area contributed by atoms with E-state index in [1.807, 2.05) is 36.4 Å². The predicted octanol–water partition coefficient (Wildman–Crippen LogP) is 9.60. The molecule has 0 atom stereocenters. The molecule has 176 valence electrons. The fraction of sp³-hybridized carbons (Fsp3) is 0.0476. The lowest BCUT2D eigenvalue weighted by Gasteiger charge is -2.25. The van der Waals surface area contributed by atoms with Gasteiger partial charge in [-0.15, -0.1) is 4.74 Å². The fourth-order valence-corrected chi connectivity index (χ4v) is 5.52. The highest BCUT2D eigenvalue weighted by Crippen LogP contribution is 2.56. The summed E-state index contributed by atoms with van der Waals surface area (Å²) in [5.41, 5.74) is 0. The Hall–Kier alpha value is -1.06. The van der Waals surface area contributed by atoms with Crippen molar-refractivity contribution in [1.82, 2.24) is 0 Å². The molecule has 13 heteroatoms. The first-order valence-electron chi connectivity index (χ1n) is 9.32. The lowest BCUT2D eigenvalue weighted by molar-refractivity contribution is 0.471. The third-order valence-corrected chi connectivity index (χ3v) is 7.84. The van der Waals surface area contributed by atoms with E-state index in [2.05, 4.69) is 62.3 Å². The number of nitrogens with zero attached hydrogens (tertiary/aromatic N) is 3. The Morgan fingerprint density at radius 3 is 1.47 bits per heavy atom. The van der Waals surface area contributed by atoms with Gasteiger partial charge in [0.25, 0.3) is 0 Å². The van der Waals surface area contributed by atoms with Crippen LogP contribution in [-0.2, 0) is 0 Å². The van der Waals surface area contributed by atoms with E-state index in [1.54, 1.807) is 36.4 Å². The lowest BCUT2D eigenvalue weighted by atomic mass is 10.3. The minimum absolute atomic E-state index is 0.124. The summed E-state index contributed by atoms with van der Waals surface area (Å²) < 4.78 is 27.9. The van der Waals surface area contributed by atoms with Crippen molar-refractivity contribution in [3.63, 3.8) is 0 Å². The zero-order chi connectivity index (χ0) is 24.3. The van der Waals surface area contributed by atoms with Crippen molar-refractivity contribution in [3.05, 3.63) is 86.2 Å². The predicted molar refractivity (Wildman–Crippen MR) is 149 cm³/mol. The molecule has 0 saturated carbocycles. The third kappa shape index (κ3) is 7.00. The standard InChI is InChI=1S/C21H12Br3Cl3N3O3P/c22-13-1-7-16(8-2-13)31-20-28-19(21(25,26)27)29-34(30-20,32-17-9-3-14(23)4-10-17)33-18-11-5-15(24)6-12-18/h1-12H. The molecular formula is C21H12Br3Cl3N3O3P. The Morgan fingerprint density at radius 2 is 1.06 bits per heavy atom. The van der Waals surface area contributed by atoms with Crippen molar-refractivity contribution in [1.29, 1.82) is 0 Å². The van der Waals surface area contributed by atoms with Crippen molar-refractivity contribution in [2.45, 2.75) is 3.79 Å². The SMILES string of the molecule is ClC(Cl)(Cl)C1=NP(Oc2ccc(Br)cc2)(Oc2ccc(Br)cc2)=NC(Oc2ccc(Br)cc2)=N1. The Morgan fingerprint density at radius 1 is 0.647 bits per heavy atom. The van der Waals surface area contributed by atoms with E-state index in [-0.39, 0.29) is 11.9 Å². The minimum atomic E-state index is -3.56. The van der Waals surface area contributed by atoms with Crippen LogP contribution in [0.3, 0.4) is 0 Å². The topological polar surface area (TPSA) is 64.8 Å². The van der Waals surface area contributed by atoms with Gasteiger partial charge in [-0.1, -0.05) is 82.6 Å². The average Bonchev–Trinajstić information content (AvgIpc) is 2.78. The van der Waals surface area contributed by atoms with Crippen LogP contribution in [0.25, 0.3) is 0 Å². The summed E-state index contributed by atoms with van der Waals surface area (Å²) in [5, 5.41) is 0. The number of hydrogen-bond acceptors (Lipinski definition) is 6. The molecule has 6 nitrogen and oxygen atoms in total. The molecule has 0 N–H and O–H groups in total. The van der Waals surface area contributed by atoms with Crippen LogP contribution in [0.2, 0.25) is 0 Å². The number of hydrogen-bond donors (Lipinski definition) is 0. The smallest absolute Gasteiger partial charge is 0.424 e. The Labute approximate surface area is 235 Å². The molecular weight excluding hydrogens is 719 g/mol. The summed E-state index contributed by atoms with van der Waals surface area (Å²) in [6, 6.07) is 21.1. The number of halogens is 6.